The van der Waals surface area contributed by atoms with E-state index in [1.807, 2.05) is 6.07 Å². The van der Waals surface area contributed by atoms with Crippen molar-refractivity contribution in [1.82, 2.24) is 10.6 Å². The maximum Gasteiger partial charge on any atom is 0.0433 e. The first-order chi connectivity index (χ1) is 7.85. The number of nitrogens with one attached hydrogen (secondary N) is 2. The number of nitrogens with two attached hydrogens (primary N) is 1. The van der Waals surface area contributed by atoms with Gasteiger partial charge in [0.25, 0.3) is 0 Å². The molecule has 1 heterocycles. The van der Waals surface area contributed by atoms with Gasteiger partial charge in [-0.1, -0.05) is 30.3 Å². The van der Waals surface area contributed by atoms with Gasteiger partial charge in [0.15, 0.2) is 0 Å². The summed E-state index contributed by atoms with van der Waals surface area (Å²) >= 11 is 0. The van der Waals surface area contributed by atoms with Crippen LogP contribution in [0.25, 0.3) is 0 Å². The Hall–Kier alpha value is -0.900. The summed E-state index contributed by atoms with van der Waals surface area (Å²) in [6.45, 7) is 3.71. The van der Waals surface area contributed by atoms with Gasteiger partial charge in [-0.2, -0.15) is 0 Å². The number of rotatable bonds is 4. The summed E-state index contributed by atoms with van der Waals surface area (Å²) < 4.78 is 0. The Morgan fingerprint density at radius 2 is 2.12 bits per heavy atom. The van der Waals surface area contributed by atoms with Crippen LogP contribution in [-0.4, -0.2) is 25.2 Å². The van der Waals surface area contributed by atoms with Crippen molar-refractivity contribution in [3.63, 3.8) is 0 Å². The molecule has 0 radical (unpaired) electrons. The first-order valence-electron chi connectivity index (χ1n) is 6.04. The molecule has 4 N–H and O–H groups in total. The summed E-state index contributed by atoms with van der Waals surface area (Å²) in [5, 5.41) is 7.03. The Bertz CT molecular complexity index is 304. The van der Waals surface area contributed by atoms with E-state index in [9.17, 15) is 0 Å². The Labute approximate surface area is 97.4 Å². The molecule has 0 saturated carbocycles. The van der Waals surface area contributed by atoms with Gasteiger partial charge in [-0.25, -0.2) is 0 Å². The van der Waals surface area contributed by atoms with E-state index in [0.29, 0.717) is 6.54 Å². The van der Waals surface area contributed by atoms with E-state index in [1.54, 1.807) is 0 Å². The molecular formula is C13H21N3. The molecule has 0 aromatic heterocycles. The molecule has 1 atom stereocenters. The van der Waals surface area contributed by atoms with Crippen LogP contribution >= 0.6 is 0 Å². The van der Waals surface area contributed by atoms with E-state index in [2.05, 4.69) is 34.9 Å². The molecule has 3 heteroatoms. The lowest BCUT2D eigenvalue weighted by Gasteiger charge is -2.37. The maximum atomic E-state index is 5.90. The molecule has 3 nitrogen and oxygen atoms in total. The molecule has 1 unspecified atom stereocenters. The van der Waals surface area contributed by atoms with Crippen LogP contribution < -0.4 is 16.4 Å². The van der Waals surface area contributed by atoms with E-state index < -0.39 is 0 Å². The van der Waals surface area contributed by atoms with Crippen LogP contribution in [0.5, 0.6) is 0 Å². The van der Waals surface area contributed by atoms with Crippen LogP contribution in [0.1, 0.15) is 18.4 Å². The van der Waals surface area contributed by atoms with Crippen molar-refractivity contribution in [2.45, 2.75) is 24.9 Å². The summed E-state index contributed by atoms with van der Waals surface area (Å²) in [6.07, 6.45) is 2.38. The molecule has 88 valence electrons. The van der Waals surface area contributed by atoms with Gasteiger partial charge in [0, 0.05) is 25.2 Å². The molecule has 0 spiro atoms. The fourth-order valence-corrected chi connectivity index (χ4v) is 2.25. The molecule has 0 bridgehead atoms. The van der Waals surface area contributed by atoms with Gasteiger partial charge in [0.05, 0.1) is 0 Å². The lowest BCUT2D eigenvalue weighted by molar-refractivity contribution is 0.253. The van der Waals surface area contributed by atoms with E-state index in [-0.39, 0.29) is 5.54 Å². The lowest BCUT2D eigenvalue weighted by atomic mass is 9.90. The molecule has 0 amide bonds. The van der Waals surface area contributed by atoms with E-state index in [0.717, 1.165) is 19.6 Å². The molecule has 1 aliphatic rings. The average molecular weight is 219 g/mol. The van der Waals surface area contributed by atoms with Gasteiger partial charge in [-0.3, -0.25) is 0 Å². The lowest BCUT2D eigenvalue weighted by Crippen LogP contribution is -2.59. The molecule has 16 heavy (non-hydrogen) atoms. The first-order valence-corrected chi connectivity index (χ1v) is 6.04. The third-order valence-electron chi connectivity index (χ3n) is 3.37. The SMILES string of the molecule is NCC1(NCc2ccccc2)CCCNC1. The second-order valence-electron chi connectivity index (χ2n) is 4.60. The Morgan fingerprint density at radius 3 is 2.75 bits per heavy atom. The van der Waals surface area contributed by atoms with Gasteiger partial charge >= 0.3 is 0 Å². The van der Waals surface area contributed by atoms with Crippen LogP contribution in [0.2, 0.25) is 0 Å². The number of benzene rings is 1. The molecule has 2 rings (SSSR count). The topological polar surface area (TPSA) is 50.1 Å². The van der Waals surface area contributed by atoms with Crippen LogP contribution in [0.3, 0.4) is 0 Å². The van der Waals surface area contributed by atoms with Gasteiger partial charge < -0.3 is 16.4 Å². The van der Waals surface area contributed by atoms with Gasteiger partial charge in [0.2, 0.25) is 0 Å². The highest BCUT2D eigenvalue weighted by Crippen LogP contribution is 2.15. The van der Waals surface area contributed by atoms with Crippen molar-refractivity contribution >= 4 is 0 Å². The summed E-state index contributed by atoms with van der Waals surface area (Å²) in [6, 6.07) is 10.5. The summed E-state index contributed by atoms with van der Waals surface area (Å²) in [5.74, 6) is 0. The summed E-state index contributed by atoms with van der Waals surface area (Å²) in [5.41, 5.74) is 7.31. The normalized spacial score (nSPS) is 25.6. The predicted molar refractivity (Wildman–Crippen MR) is 67.2 cm³/mol. The third-order valence-corrected chi connectivity index (χ3v) is 3.37. The highest BCUT2D eigenvalue weighted by molar-refractivity contribution is 5.15. The van der Waals surface area contributed by atoms with Crippen LogP contribution in [-0.2, 0) is 6.54 Å². The van der Waals surface area contributed by atoms with Gasteiger partial charge in [0.1, 0.15) is 0 Å². The third kappa shape index (κ3) is 2.82. The van der Waals surface area contributed by atoms with Crippen LogP contribution in [0.4, 0.5) is 0 Å². The molecule has 0 aliphatic carbocycles. The first kappa shape index (κ1) is 11.6. The maximum absolute atomic E-state index is 5.90. The average Bonchev–Trinajstić information content (AvgIpc) is 2.39. The second-order valence-corrected chi connectivity index (χ2v) is 4.60. The Balaban J connectivity index is 1.92. The second kappa shape index (κ2) is 5.43. The Morgan fingerprint density at radius 1 is 1.31 bits per heavy atom. The van der Waals surface area contributed by atoms with E-state index >= 15 is 0 Å². The fourth-order valence-electron chi connectivity index (χ4n) is 2.25. The van der Waals surface area contributed by atoms with Gasteiger partial charge in [-0.15, -0.1) is 0 Å². The number of piperidine rings is 1. The standard InChI is InChI=1S/C13H21N3/c14-10-13(7-4-8-15-11-13)16-9-12-5-2-1-3-6-12/h1-3,5-6,15-16H,4,7-11,14H2. The molecule has 1 aliphatic heterocycles. The molecule has 1 fully saturated rings. The quantitative estimate of drug-likeness (QED) is 0.704. The minimum Gasteiger partial charge on any atom is -0.329 e. The summed E-state index contributed by atoms with van der Waals surface area (Å²) in [7, 11) is 0. The summed E-state index contributed by atoms with van der Waals surface area (Å²) in [4.78, 5) is 0. The fraction of sp³-hybridized carbons (Fsp3) is 0.538. The van der Waals surface area contributed by atoms with Crippen molar-refractivity contribution in [2.75, 3.05) is 19.6 Å². The largest absolute Gasteiger partial charge is 0.329 e. The van der Waals surface area contributed by atoms with Crippen molar-refractivity contribution < 1.29 is 0 Å². The van der Waals surface area contributed by atoms with Crippen LogP contribution in [0.15, 0.2) is 30.3 Å². The minimum atomic E-state index is 0.0914. The molecule has 1 aromatic carbocycles. The zero-order valence-corrected chi connectivity index (χ0v) is 9.71. The van der Waals surface area contributed by atoms with E-state index in [4.69, 9.17) is 5.73 Å². The number of hydrogen-bond acceptors (Lipinski definition) is 3. The highest BCUT2D eigenvalue weighted by atomic mass is 15.1. The monoisotopic (exact) mass is 219 g/mol. The van der Waals surface area contributed by atoms with Crippen molar-refractivity contribution in [3.05, 3.63) is 35.9 Å². The van der Waals surface area contributed by atoms with Crippen molar-refractivity contribution in [3.8, 4) is 0 Å². The number of hydrogen-bond donors (Lipinski definition) is 3. The zero-order chi connectivity index (χ0) is 11.3. The van der Waals surface area contributed by atoms with Crippen LogP contribution in [0, 0.1) is 0 Å². The van der Waals surface area contributed by atoms with Gasteiger partial charge in [-0.05, 0) is 24.9 Å². The Kier molecular flexibility index (Phi) is 3.93. The predicted octanol–water partition coefficient (Wildman–Crippen LogP) is 0.857. The molecular weight excluding hydrogens is 198 g/mol. The molecule has 1 aromatic rings. The molecule has 1 saturated heterocycles. The van der Waals surface area contributed by atoms with Crippen molar-refractivity contribution in [2.24, 2.45) is 5.73 Å². The highest BCUT2D eigenvalue weighted by Gasteiger charge is 2.29. The minimum absolute atomic E-state index is 0.0914. The van der Waals surface area contributed by atoms with E-state index in [1.165, 1.54) is 18.4 Å². The smallest absolute Gasteiger partial charge is 0.0433 e. The zero-order valence-electron chi connectivity index (χ0n) is 9.71. The van der Waals surface area contributed by atoms with Crippen molar-refractivity contribution in [1.29, 1.82) is 0 Å².